The van der Waals surface area contributed by atoms with Gasteiger partial charge >= 0.3 is 0 Å². The topological polar surface area (TPSA) is 119 Å². The van der Waals surface area contributed by atoms with Crippen LogP contribution in [0, 0.1) is 0 Å². The van der Waals surface area contributed by atoms with E-state index in [1.54, 1.807) is 6.07 Å². The lowest BCUT2D eigenvalue weighted by atomic mass is 10.4. The summed E-state index contributed by atoms with van der Waals surface area (Å²) in [5, 5.41) is 4.99. The van der Waals surface area contributed by atoms with Crippen LogP contribution in [0.25, 0.3) is 0 Å². The van der Waals surface area contributed by atoms with Crippen LogP contribution < -0.4 is 9.86 Å². The maximum atomic E-state index is 12.2. The van der Waals surface area contributed by atoms with Crippen LogP contribution in [0.2, 0.25) is 0 Å². The highest BCUT2D eigenvalue weighted by atomic mass is 79.9. The lowest BCUT2D eigenvalue weighted by molar-refractivity contribution is 0.597. The van der Waals surface area contributed by atoms with Gasteiger partial charge in [0.05, 0.1) is 15.5 Å². The molecule has 0 saturated carbocycles. The van der Waals surface area contributed by atoms with E-state index in [9.17, 15) is 16.8 Å². The summed E-state index contributed by atoms with van der Waals surface area (Å²) in [5.41, 5.74) is 0.235. The predicted octanol–water partition coefficient (Wildman–Crippen LogP) is 1.29. The molecule has 0 aliphatic carbocycles. The van der Waals surface area contributed by atoms with Crippen LogP contribution in [0.15, 0.2) is 57.0 Å². The number of rotatable bonds is 4. The molecule has 1 heterocycles. The number of hydrogen-bond acceptors (Lipinski definition) is 5. The quantitative estimate of drug-likeness (QED) is 0.760. The molecule has 0 aliphatic rings. The summed E-state index contributed by atoms with van der Waals surface area (Å²) in [4.78, 5) is 3.39. The maximum absolute atomic E-state index is 12.2. The number of halogens is 1. The van der Waals surface area contributed by atoms with Crippen molar-refractivity contribution in [1.29, 1.82) is 0 Å². The third kappa shape index (κ3) is 3.79. The fraction of sp³-hybridized carbons (Fsp3) is 0. The lowest BCUT2D eigenvalue weighted by Crippen LogP contribution is -2.16. The van der Waals surface area contributed by atoms with E-state index in [0.29, 0.717) is 4.60 Å². The Bertz CT molecular complexity index is 882. The van der Waals surface area contributed by atoms with E-state index >= 15 is 0 Å². The molecule has 0 saturated heterocycles. The summed E-state index contributed by atoms with van der Waals surface area (Å²) in [6.07, 6.45) is 1.49. The van der Waals surface area contributed by atoms with E-state index in [0.717, 1.165) is 6.07 Å². The average molecular weight is 392 g/mol. The minimum Gasteiger partial charge on any atom is -0.277 e. The molecule has 10 heteroatoms. The zero-order valence-corrected chi connectivity index (χ0v) is 13.6. The van der Waals surface area contributed by atoms with Gasteiger partial charge in [-0.15, -0.1) is 0 Å². The molecule has 2 rings (SSSR count). The van der Waals surface area contributed by atoms with Crippen molar-refractivity contribution in [2.45, 2.75) is 9.79 Å². The van der Waals surface area contributed by atoms with Crippen molar-refractivity contribution in [3.8, 4) is 0 Å². The third-order valence-electron chi connectivity index (χ3n) is 2.45. The molecular weight excluding hydrogens is 382 g/mol. The van der Waals surface area contributed by atoms with Crippen molar-refractivity contribution in [1.82, 2.24) is 4.98 Å². The average Bonchev–Trinajstić information content (AvgIpc) is 2.40. The highest BCUT2D eigenvalue weighted by Crippen LogP contribution is 2.23. The van der Waals surface area contributed by atoms with Crippen LogP contribution in [0.5, 0.6) is 0 Å². The second-order valence-electron chi connectivity index (χ2n) is 3.97. The number of primary sulfonamides is 1. The third-order valence-corrected chi connectivity index (χ3v) is 5.35. The monoisotopic (exact) mass is 391 g/mol. The molecule has 0 atom stereocenters. The zero-order chi connectivity index (χ0) is 15.7. The van der Waals surface area contributed by atoms with E-state index in [1.807, 2.05) is 0 Å². The zero-order valence-electron chi connectivity index (χ0n) is 10.4. The number of pyridine rings is 1. The highest BCUT2D eigenvalue weighted by Gasteiger charge is 2.18. The molecule has 0 amide bonds. The predicted molar refractivity (Wildman–Crippen MR) is 80.6 cm³/mol. The van der Waals surface area contributed by atoms with E-state index < -0.39 is 20.0 Å². The van der Waals surface area contributed by atoms with E-state index in [-0.39, 0.29) is 15.5 Å². The Hall–Kier alpha value is -1.49. The van der Waals surface area contributed by atoms with Gasteiger partial charge < -0.3 is 0 Å². The van der Waals surface area contributed by atoms with Crippen LogP contribution >= 0.6 is 15.9 Å². The molecular formula is C11H10BrN3O4S2. The summed E-state index contributed by atoms with van der Waals surface area (Å²) in [5.74, 6) is 0. The van der Waals surface area contributed by atoms with Crippen molar-refractivity contribution < 1.29 is 16.8 Å². The van der Waals surface area contributed by atoms with Gasteiger partial charge in [0.25, 0.3) is 10.0 Å². The Morgan fingerprint density at radius 2 is 1.71 bits per heavy atom. The van der Waals surface area contributed by atoms with Gasteiger partial charge in [-0.3, -0.25) is 4.72 Å². The molecule has 3 N–H and O–H groups in total. The first kappa shape index (κ1) is 15.9. The van der Waals surface area contributed by atoms with Crippen LogP contribution in [0.1, 0.15) is 0 Å². The number of nitrogens with zero attached hydrogens (tertiary/aromatic N) is 1. The van der Waals surface area contributed by atoms with Crippen molar-refractivity contribution in [2.75, 3.05) is 4.72 Å². The van der Waals surface area contributed by atoms with Gasteiger partial charge in [-0.05, 0) is 46.3 Å². The summed E-state index contributed by atoms with van der Waals surface area (Å²) in [6, 6.07) is 7.84. The first-order chi connectivity index (χ1) is 9.70. The number of nitrogens with two attached hydrogens (primary N) is 1. The van der Waals surface area contributed by atoms with E-state index in [4.69, 9.17) is 5.14 Å². The first-order valence-electron chi connectivity index (χ1n) is 5.46. The fourth-order valence-corrected chi connectivity index (χ4v) is 3.71. The van der Waals surface area contributed by atoms with Gasteiger partial charge in [0.1, 0.15) is 4.60 Å². The van der Waals surface area contributed by atoms with Gasteiger partial charge in [-0.1, -0.05) is 6.07 Å². The largest absolute Gasteiger partial charge is 0.277 e. The number of aromatic nitrogens is 1. The van der Waals surface area contributed by atoms with Gasteiger partial charge in [0.2, 0.25) is 10.0 Å². The summed E-state index contributed by atoms with van der Waals surface area (Å²) >= 11 is 3.11. The van der Waals surface area contributed by atoms with E-state index in [1.165, 1.54) is 30.5 Å². The van der Waals surface area contributed by atoms with Gasteiger partial charge in [-0.2, -0.15) is 0 Å². The van der Waals surface area contributed by atoms with Crippen LogP contribution in [-0.2, 0) is 20.0 Å². The van der Waals surface area contributed by atoms with Gasteiger partial charge in [0, 0.05) is 6.20 Å². The number of benzene rings is 1. The molecule has 1 aromatic carbocycles. The molecule has 0 bridgehead atoms. The standard InChI is InChI=1S/C11H10BrN3O4S2/c12-11-10(5-2-6-14-11)15-21(18,19)9-4-1-3-8(7-9)20(13,16)17/h1-7,15H,(H2,13,16,17). The summed E-state index contributed by atoms with van der Waals surface area (Å²) < 4.78 is 49.6. The summed E-state index contributed by atoms with van der Waals surface area (Å²) in [7, 11) is -7.94. The molecule has 7 nitrogen and oxygen atoms in total. The number of anilines is 1. The second-order valence-corrected chi connectivity index (χ2v) is 7.96. The Morgan fingerprint density at radius 1 is 1.05 bits per heavy atom. The van der Waals surface area contributed by atoms with Crippen molar-refractivity contribution in [3.63, 3.8) is 0 Å². The lowest BCUT2D eigenvalue weighted by Gasteiger charge is -2.09. The van der Waals surface area contributed by atoms with Crippen molar-refractivity contribution in [3.05, 3.63) is 47.2 Å². The molecule has 2 aromatic rings. The molecule has 0 radical (unpaired) electrons. The van der Waals surface area contributed by atoms with Crippen molar-refractivity contribution >= 4 is 41.7 Å². The number of sulfonamides is 2. The smallest absolute Gasteiger partial charge is 0.262 e. The minimum atomic E-state index is -3.98. The molecule has 1 aromatic heterocycles. The Balaban J connectivity index is 2.44. The van der Waals surface area contributed by atoms with E-state index in [2.05, 4.69) is 25.6 Å². The maximum Gasteiger partial charge on any atom is 0.262 e. The number of hydrogen-bond donors (Lipinski definition) is 2. The van der Waals surface area contributed by atoms with Crippen LogP contribution in [0.4, 0.5) is 5.69 Å². The minimum absolute atomic E-state index is 0.218. The Morgan fingerprint density at radius 3 is 2.33 bits per heavy atom. The SMILES string of the molecule is NS(=O)(=O)c1cccc(S(=O)(=O)Nc2cccnc2Br)c1. The molecule has 0 fully saturated rings. The Kier molecular flexibility index (Phi) is 4.33. The molecule has 0 aliphatic heterocycles. The summed E-state index contributed by atoms with van der Waals surface area (Å²) in [6.45, 7) is 0. The molecule has 21 heavy (non-hydrogen) atoms. The normalized spacial score (nSPS) is 12.1. The fourth-order valence-electron chi connectivity index (χ4n) is 1.48. The molecule has 0 unspecified atom stereocenters. The second kappa shape index (κ2) is 5.72. The Labute approximate surface area is 130 Å². The van der Waals surface area contributed by atoms with Gasteiger partial charge in [0.15, 0.2) is 0 Å². The number of nitrogens with one attached hydrogen (secondary N) is 1. The highest BCUT2D eigenvalue weighted by molar-refractivity contribution is 9.10. The van der Waals surface area contributed by atoms with Gasteiger partial charge in [-0.25, -0.2) is 27.0 Å². The van der Waals surface area contributed by atoms with Crippen LogP contribution in [0.3, 0.4) is 0 Å². The first-order valence-corrected chi connectivity index (χ1v) is 9.28. The van der Waals surface area contributed by atoms with Crippen molar-refractivity contribution in [2.24, 2.45) is 5.14 Å². The van der Waals surface area contributed by atoms with Crippen LogP contribution in [-0.4, -0.2) is 21.8 Å². The molecule has 0 spiro atoms. The molecule has 112 valence electrons.